The van der Waals surface area contributed by atoms with Gasteiger partial charge in [0.1, 0.15) is 10.8 Å². The number of Topliss-reactive ketones (excluding diaryl/α,β-unsaturated/α-hetero) is 1. The maximum Gasteiger partial charge on any atom is 0.341 e. The Morgan fingerprint density at radius 1 is 1.22 bits per heavy atom. The van der Waals surface area contributed by atoms with Crippen molar-refractivity contribution in [3.63, 3.8) is 0 Å². The molecule has 5 nitrogen and oxygen atoms in total. The van der Waals surface area contributed by atoms with Crippen LogP contribution in [-0.2, 0) is 11.2 Å². The van der Waals surface area contributed by atoms with Crippen LogP contribution in [0.15, 0.2) is 36.4 Å². The third-order valence-electron chi connectivity index (χ3n) is 4.10. The average Bonchev–Trinajstić information content (AvgIpc) is 2.92. The molecule has 1 unspecified atom stereocenters. The van der Waals surface area contributed by atoms with Crippen LogP contribution in [0.25, 0.3) is 0 Å². The number of rotatable bonds is 4. The van der Waals surface area contributed by atoms with Crippen molar-refractivity contribution in [2.24, 2.45) is 5.92 Å². The highest BCUT2D eigenvalue weighted by Gasteiger charge is 2.32. The molecule has 1 aliphatic rings. The molecule has 27 heavy (non-hydrogen) atoms. The number of hydrogen-bond acceptors (Lipinski definition) is 4. The topological polar surface area (TPSA) is 66.8 Å². The summed E-state index contributed by atoms with van der Waals surface area (Å²) < 4.78 is 5.05. The van der Waals surface area contributed by atoms with Crippen LogP contribution < -0.4 is 9.64 Å². The second-order valence-electron chi connectivity index (χ2n) is 6.42. The molecule has 2 aromatic carbocycles. The van der Waals surface area contributed by atoms with Crippen LogP contribution >= 0.6 is 23.2 Å². The van der Waals surface area contributed by atoms with Gasteiger partial charge in [-0.1, -0.05) is 48.3 Å². The lowest BCUT2D eigenvalue weighted by Crippen LogP contribution is -2.10. The first-order valence-electron chi connectivity index (χ1n) is 8.34. The Labute approximate surface area is 168 Å². The first-order valence-corrected chi connectivity index (χ1v) is 9.10. The third kappa shape index (κ3) is 5.15. The summed E-state index contributed by atoms with van der Waals surface area (Å²) in [6, 6.07) is 11.9. The number of halogens is 2. The summed E-state index contributed by atoms with van der Waals surface area (Å²) in [4.78, 5) is 24.4. The van der Waals surface area contributed by atoms with Crippen molar-refractivity contribution >= 4 is 40.6 Å². The van der Waals surface area contributed by atoms with Crippen molar-refractivity contribution in [2.45, 2.75) is 13.3 Å². The van der Waals surface area contributed by atoms with Gasteiger partial charge >= 0.3 is 5.97 Å². The molecule has 0 heterocycles. The van der Waals surface area contributed by atoms with Crippen LogP contribution in [0.1, 0.15) is 22.8 Å². The zero-order valence-electron chi connectivity index (χ0n) is 15.3. The van der Waals surface area contributed by atoms with Crippen molar-refractivity contribution in [2.75, 3.05) is 25.6 Å². The number of aliphatic carboxylic acids is 1. The van der Waals surface area contributed by atoms with E-state index >= 15 is 0 Å². The first kappa shape index (κ1) is 21.1. The summed E-state index contributed by atoms with van der Waals surface area (Å²) in [5.41, 5.74) is 2.43. The van der Waals surface area contributed by atoms with Gasteiger partial charge in [-0.15, -0.1) is 0 Å². The van der Waals surface area contributed by atoms with E-state index in [0.29, 0.717) is 12.0 Å². The number of fused-ring (bicyclic) bond motifs is 1. The van der Waals surface area contributed by atoms with Gasteiger partial charge in [0.15, 0.2) is 12.4 Å². The number of carboxylic acid groups (broad SMARTS) is 1. The number of nitrogens with zero attached hydrogens (tertiary/aromatic N) is 1. The van der Waals surface area contributed by atoms with Crippen LogP contribution in [0, 0.1) is 5.92 Å². The van der Waals surface area contributed by atoms with Gasteiger partial charge in [0, 0.05) is 31.3 Å². The summed E-state index contributed by atoms with van der Waals surface area (Å²) in [6.07, 6.45) is 0.564. The van der Waals surface area contributed by atoms with Crippen molar-refractivity contribution in [1.29, 1.82) is 0 Å². The van der Waals surface area contributed by atoms with Crippen molar-refractivity contribution in [1.82, 2.24) is 0 Å². The summed E-state index contributed by atoms with van der Waals surface area (Å²) >= 11 is 12.0. The van der Waals surface area contributed by atoms with Gasteiger partial charge in [-0.25, -0.2) is 4.79 Å². The minimum atomic E-state index is -1.10. The van der Waals surface area contributed by atoms with Gasteiger partial charge < -0.3 is 14.7 Å². The molecular weight excluding hydrogens is 389 g/mol. The van der Waals surface area contributed by atoms with Gasteiger partial charge in [0.05, 0.1) is 5.02 Å². The second-order valence-corrected chi connectivity index (χ2v) is 7.17. The Morgan fingerprint density at radius 2 is 1.85 bits per heavy atom. The summed E-state index contributed by atoms with van der Waals surface area (Å²) in [6.45, 7) is 1.31. The summed E-state index contributed by atoms with van der Waals surface area (Å²) in [5, 5.41) is 8.78. The molecule has 144 valence electrons. The predicted molar refractivity (Wildman–Crippen MR) is 108 cm³/mol. The Kier molecular flexibility index (Phi) is 7.11. The van der Waals surface area contributed by atoms with E-state index in [4.69, 9.17) is 33.0 Å². The van der Waals surface area contributed by atoms with Gasteiger partial charge in [-0.2, -0.15) is 0 Å². The van der Waals surface area contributed by atoms with Gasteiger partial charge in [0.25, 0.3) is 0 Å². The van der Waals surface area contributed by atoms with Crippen molar-refractivity contribution in [3.05, 3.63) is 57.6 Å². The molecule has 0 saturated heterocycles. The second kappa shape index (κ2) is 9.11. The minimum Gasteiger partial charge on any atom is -0.480 e. The van der Waals surface area contributed by atoms with Gasteiger partial charge in [-0.3, -0.25) is 4.79 Å². The molecule has 0 aromatic heterocycles. The summed E-state index contributed by atoms with van der Waals surface area (Å²) in [7, 11) is 4.07. The molecule has 0 radical (unpaired) electrons. The third-order valence-corrected chi connectivity index (χ3v) is 4.95. The van der Waals surface area contributed by atoms with Crippen molar-refractivity contribution in [3.8, 4) is 5.75 Å². The number of carbonyl (C=O) groups excluding carboxylic acids is 1. The highest BCUT2D eigenvalue weighted by atomic mass is 35.5. The average molecular weight is 410 g/mol. The normalized spacial score (nSPS) is 14.9. The van der Waals surface area contributed by atoms with Crippen molar-refractivity contribution < 1.29 is 19.4 Å². The van der Waals surface area contributed by atoms with Crippen LogP contribution in [0.2, 0.25) is 10.0 Å². The number of anilines is 1. The molecule has 0 fully saturated rings. The molecule has 7 heteroatoms. The Balaban J connectivity index is 0.000000244. The lowest BCUT2D eigenvalue weighted by Gasteiger charge is -2.10. The fraction of sp³-hybridized carbons (Fsp3) is 0.300. The molecule has 0 bridgehead atoms. The molecule has 3 rings (SSSR count). The standard InChI is InChI=1S/C12H10Cl2O4.C8H11N/c1-5-2-6-3-7(18-4-8(15)16)10(13)11(14)9(6)12(5)17;1-9(2)8-6-4-3-5-7-8/h3,5H,2,4H2,1H3,(H,15,16);3-7H,1-2H3. The minimum absolute atomic E-state index is 0.0401. The van der Waals surface area contributed by atoms with E-state index in [1.54, 1.807) is 6.07 Å². The Bertz CT molecular complexity index is 838. The number of ketones is 1. The fourth-order valence-electron chi connectivity index (χ4n) is 2.72. The number of ether oxygens (including phenoxy) is 1. The highest BCUT2D eigenvalue weighted by molar-refractivity contribution is 6.45. The zero-order chi connectivity index (χ0) is 20.1. The highest BCUT2D eigenvalue weighted by Crippen LogP contribution is 2.42. The molecular formula is C20H21Cl2NO4. The molecule has 0 spiro atoms. The predicted octanol–water partition coefficient (Wildman–Crippen LogP) is 4.58. The SMILES string of the molecule is CC1Cc2cc(OCC(=O)O)c(Cl)c(Cl)c2C1=O.CN(C)c1ccccc1. The largest absolute Gasteiger partial charge is 0.480 e. The van der Waals surface area contributed by atoms with E-state index in [0.717, 1.165) is 5.56 Å². The van der Waals surface area contributed by atoms with E-state index < -0.39 is 12.6 Å². The first-order chi connectivity index (χ1) is 12.7. The maximum absolute atomic E-state index is 11.9. The Morgan fingerprint density at radius 3 is 2.37 bits per heavy atom. The smallest absolute Gasteiger partial charge is 0.341 e. The van der Waals surface area contributed by atoms with E-state index in [1.807, 2.05) is 39.2 Å². The summed E-state index contributed by atoms with van der Waals surface area (Å²) in [5.74, 6) is -1.08. The fourth-order valence-corrected chi connectivity index (χ4v) is 3.23. The van der Waals surface area contributed by atoms with Crippen LogP contribution in [0.5, 0.6) is 5.75 Å². The molecule has 1 aliphatic carbocycles. The quantitative estimate of drug-likeness (QED) is 0.799. The lowest BCUT2D eigenvalue weighted by molar-refractivity contribution is -0.139. The number of para-hydroxylation sites is 1. The van der Waals surface area contributed by atoms with Gasteiger partial charge in [0.2, 0.25) is 0 Å². The molecule has 0 saturated carbocycles. The number of carboxylic acids is 1. The van der Waals surface area contributed by atoms with Gasteiger partial charge in [-0.05, 0) is 30.2 Å². The van der Waals surface area contributed by atoms with Crippen LogP contribution in [0.3, 0.4) is 0 Å². The number of hydrogen-bond donors (Lipinski definition) is 1. The molecule has 0 amide bonds. The van der Waals surface area contributed by atoms with E-state index in [-0.39, 0.29) is 27.5 Å². The maximum atomic E-state index is 11.9. The molecule has 1 atom stereocenters. The van der Waals surface area contributed by atoms with E-state index in [9.17, 15) is 9.59 Å². The Hall–Kier alpha value is -2.24. The van der Waals surface area contributed by atoms with E-state index in [1.165, 1.54) is 5.69 Å². The van der Waals surface area contributed by atoms with Crippen LogP contribution in [-0.4, -0.2) is 37.6 Å². The molecule has 0 aliphatic heterocycles. The number of carbonyl (C=O) groups is 2. The van der Waals surface area contributed by atoms with E-state index in [2.05, 4.69) is 17.0 Å². The monoisotopic (exact) mass is 409 g/mol. The lowest BCUT2D eigenvalue weighted by atomic mass is 10.1. The van der Waals surface area contributed by atoms with Crippen LogP contribution in [0.4, 0.5) is 5.69 Å². The number of benzene rings is 2. The molecule has 2 aromatic rings. The zero-order valence-corrected chi connectivity index (χ0v) is 16.8. The molecule has 1 N–H and O–H groups in total.